The minimum atomic E-state index is 0.528. The summed E-state index contributed by atoms with van der Waals surface area (Å²) in [5.41, 5.74) is 0. The van der Waals surface area contributed by atoms with Gasteiger partial charge in [-0.05, 0) is 19.4 Å². The Kier molecular flexibility index (Phi) is 6.10. The Balaban J connectivity index is 2.26. The second-order valence-electron chi connectivity index (χ2n) is 3.63. The van der Waals surface area contributed by atoms with E-state index in [1.807, 2.05) is 0 Å². The van der Waals surface area contributed by atoms with E-state index in [0.29, 0.717) is 6.17 Å². The van der Waals surface area contributed by atoms with E-state index in [0.717, 1.165) is 32.8 Å². The fraction of sp³-hybridized carbons (Fsp3) is 1.00. The highest BCUT2D eigenvalue weighted by atomic mass is 16.5. The molecule has 1 aliphatic rings. The third-order valence-electron chi connectivity index (χ3n) is 2.64. The minimum Gasteiger partial charge on any atom is -0.383 e. The third-order valence-corrected chi connectivity index (χ3v) is 2.64. The maximum Gasteiger partial charge on any atom is 0.0599 e. The maximum absolute atomic E-state index is 5.10. The Bertz CT molecular complexity index is 130. The van der Waals surface area contributed by atoms with Crippen molar-refractivity contribution < 1.29 is 9.47 Å². The third kappa shape index (κ3) is 3.92. The zero-order chi connectivity index (χ0) is 10.2. The van der Waals surface area contributed by atoms with Gasteiger partial charge in [0.1, 0.15) is 0 Å². The van der Waals surface area contributed by atoms with Crippen molar-refractivity contribution >= 4 is 0 Å². The molecule has 84 valence electrons. The number of rotatable bonds is 7. The average Bonchev–Trinajstić information content (AvgIpc) is 2.71. The molecule has 1 saturated heterocycles. The predicted molar refractivity (Wildman–Crippen MR) is 56.3 cm³/mol. The predicted octanol–water partition coefficient (Wildman–Crippen LogP) is 0.291. The van der Waals surface area contributed by atoms with Gasteiger partial charge in [-0.1, -0.05) is 0 Å². The van der Waals surface area contributed by atoms with Gasteiger partial charge in [-0.25, -0.2) is 0 Å². The summed E-state index contributed by atoms with van der Waals surface area (Å²) in [5, 5.41) is 3.49. The van der Waals surface area contributed by atoms with Crippen LogP contribution in [0.15, 0.2) is 0 Å². The molecule has 0 bridgehead atoms. The van der Waals surface area contributed by atoms with Gasteiger partial charge in [-0.3, -0.25) is 4.90 Å². The van der Waals surface area contributed by atoms with E-state index >= 15 is 0 Å². The van der Waals surface area contributed by atoms with E-state index in [-0.39, 0.29) is 0 Å². The lowest BCUT2D eigenvalue weighted by Crippen LogP contribution is -2.45. The first-order valence-electron chi connectivity index (χ1n) is 5.33. The van der Waals surface area contributed by atoms with Crippen LogP contribution in [0.4, 0.5) is 0 Å². The van der Waals surface area contributed by atoms with Crippen LogP contribution >= 0.6 is 0 Å². The smallest absolute Gasteiger partial charge is 0.0599 e. The summed E-state index contributed by atoms with van der Waals surface area (Å²) in [5.74, 6) is 0. The van der Waals surface area contributed by atoms with Gasteiger partial charge in [0.05, 0.1) is 19.4 Å². The molecule has 0 aromatic rings. The molecule has 1 atom stereocenters. The van der Waals surface area contributed by atoms with Crippen molar-refractivity contribution in [2.24, 2.45) is 0 Å². The van der Waals surface area contributed by atoms with Gasteiger partial charge in [0.15, 0.2) is 0 Å². The van der Waals surface area contributed by atoms with Crippen molar-refractivity contribution in [1.29, 1.82) is 0 Å². The number of hydrogen-bond donors (Lipinski definition) is 1. The Hall–Kier alpha value is -0.160. The second kappa shape index (κ2) is 7.17. The molecule has 0 saturated carbocycles. The van der Waals surface area contributed by atoms with E-state index in [1.165, 1.54) is 12.8 Å². The molecule has 1 heterocycles. The molecule has 14 heavy (non-hydrogen) atoms. The molecule has 0 radical (unpaired) electrons. The molecule has 1 aliphatic heterocycles. The van der Waals surface area contributed by atoms with Gasteiger partial charge in [0, 0.05) is 27.3 Å². The van der Waals surface area contributed by atoms with Crippen LogP contribution in [0.1, 0.15) is 12.8 Å². The Labute approximate surface area is 86.6 Å². The average molecular weight is 202 g/mol. The highest BCUT2D eigenvalue weighted by Gasteiger charge is 2.20. The monoisotopic (exact) mass is 202 g/mol. The Morgan fingerprint density at radius 2 is 1.86 bits per heavy atom. The first-order valence-corrected chi connectivity index (χ1v) is 5.33. The number of nitrogens with zero attached hydrogens (tertiary/aromatic N) is 1. The van der Waals surface area contributed by atoms with E-state index in [9.17, 15) is 0 Å². The van der Waals surface area contributed by atoms with Crippen LogP contribution < -0.4 is 5.32 Å². The minimum absolute atomic E-state index is 0.528. The number of hydrogen-bond acceptors (Lipinski definition) is 4. The van der Waals surface area contributed by atoms with Crippen molar-refractivity contribution in [3.8, 4) is 0 Å². The lowest BCUT2D eigenvalue weighted by Gasteiger charge is -2.28. The van der Waals surface area contributed by atoms with Crippen molar-refractivity contribution in [2.45, 2.75) is 19.0 Å². The number of ether oxygens (including phenoxy) is 2. The molecular weight excluding hydrogens is 180 g/mol. The topological polar surface area (TPSA) is 33.7 Å². The van der Waals surface area contributed by atoms with Gasteiger partial charge in [-0.2, -0.15) is 0 Å². The first kappa shape index (κ1) is 11.9. The summed E-state index contributed by atoms with van der Waals surface area (Å²) in [7, 11) is 3.49. The van der Waals surface area contributed by atoms with Crippen molar-refractivity contribution in [3.63, 3.8) is 0 Å². The molecule has 4 heteroatoms. The molecule has 4 nitrogen and oxygen atoms in total. The SMILES string of the molecule is COCCN(CCOC)C1CCCN1. The molecule has 1 N–H and O–H groups in total. The zero-order valence-electron chi connectivity index (χ0n) is 9.29. The van der Waals surface area contributed by atoms with Crippen LogP contribution in [0, 0.1) is 0 Å². The van der Waals surface area contributed by atoms with Crippen LogP contribution in [0.5, 0.6) is 0 Å². The summed E-state index contributed by atoms with van der Waals surface area (Å²) in [4.78, 5) is 2.40. The van der Waals surface area contributed by atoms with E-state index in [4.69, 9.17) is 9.47 Å². The summed E-state index contributed by atoms with van der Waals surface area (Å²) in [6.07, 6.45) is 3.05. The first-order chi connectivity index (χ1) is 6.88. The summed E-state index contributed by atoms with van der Waals surface area (Å²) in [6, 6.07) is 0. The Morgan fingerprint density at radius 3 is 2.29 bits per heavy atom. The van der Waals surface area contributed by atoms with Crippen LogP contribution in [-0.2, 0) is 9.47 Å². The maximum atomic E-state index is 5.10. The van der Waals surface area contributed by atoms with Gasteiger partial charge >= 0.3 is 0 Å². The van der Waals surface area contributed by atoms with Crippen LogP contribution in [0.25, 0.3) is 0 Å². The van der Waals surface area contributed by atoms with E-state index in [1.54, 1.807) is 14.2 Å². The second-order valence-corrected chi connectivity index (χ2v) is 3.63. The normalized spacial score (nSPS) is 22.1. The molecule has 1 rings (SSSR count). The number of methoxy groups -OCH3 is 2. The summed E-state index contributed by atoms with van der Waals surface area (Å²) in [6.45, 7) is 4.69. The number of nitrogens with one attached hydrogen (secondary N) is 1. The molecular formula is C10H22N2O2. The van der Waals surface area contributed by atoms with Gasteiger partial charge in [0.25, 0.3) is 0 Å². The summed E-state index contributed by atoms with van der Waals surface area (Å²) >= 11 is 0. The zero-order valence-corrected chi connectivity index (χ0v) is 9.29. The fourth-order valence-corrected chi connectivity index (χ4v) is 1.82. The largest absolute Gasteiger partial charge is 0.383 e. The summed E-state index contributed by atoms with van der Waals surface area (Å²) < 4.78 is 10.2. The molecule has 0 spiro atoms. The Morgan fingerprint density at radius 1 is 1.21 bits per heavy atom. The lowest BCUT2D eigenvalue weighted by molar-refractivity contribution is 0.0823. The highest BCUT2D eigenvalue weighted by Crippen LogP contribution is 2.09. The molecule has 1 fully saturated rings. The van der Waals surface area contributed by atoms with Gasteiger partial charge in [0.2, 0.25) is 0 Å². The molecule has 0 amide bonds. The molecule has 0 aromatic heterocycles. The highest BCUT2D eigenvalue weighted by molar-refractivity contribution is 4.75. The molecule has 0 aromatic carbocycles. The standard InChI is InChI=1S/C10H22N2O2/c1-13-8-6-12(7-9-14-2)10-4-3-5-11-10/h10-11H,3-9H2,1-2H3. The van der Waals surface area contributed by atoms with Crippen LogP contribution in [-0.4, -0.2) is 58.1 Å². The van der Waals surface area contributed by atoms with Crippen LogP contribution in [0.3, 0.4) is 0 Å². The van der Waals surface area contributed by atoms with E-state index in [2.05, 4.69) is 10.2 Å². The fourth-order valence-electron chi connectivity index (χ4n) is 1.82. The molecule has 0 aliphatic carbocycles. The van der Waals surface area contributed by atoms with Crippen molar-refractivity contribution in [1.82, 2.24) is 10.2 Å². The van der Waals surface area contributed by atoms with Crippen molar-refractivity contribution in [2.75, 3.05) is 47.1 Å². The van der Waals surface area contributed by atoms with E-state index < -0.39 is 0 Å². The van der Waals surface area contributed by atoms with Crippen LogP contribution in [0.2, 0.25) is 0 Å². The quantitative estimate of drug-likeness (QED) is 0.643. The van der Waals surface area contributed by atoms with Crippen molar-refractivity contribution in [3.05, 3.63) is 0 Å². The van der Waals surface area contributed by atoms with Gasteiger partial charge < -0.3 is 14.8 Å². The van der Waals surface area contributed by atoms with Gasteiger partial charge in [-0.15, -0.1) is 0 Å². The molecule has 1 unspecified atom stereocenters. The lowest BCUT2D eigenvalue weighted by atomic mass is 10.3.